The first kappa shape index (κ1) is 16.2. The standard InChI is InChI=1S/C16H24N2O2/c1-5-18(6-2)11-16(19)17-14-7-9-15(10-8-14)20-12-13(3)4/h7-10H,3,5-6,11-12H2,1-2,4H3,(H,17,19). The lowest BCUT2D eigenvalue weighted by Gasteiger charge is -2.17. The maximum Gasteiger partial charge on any atom is 0.238 e. The zero-order valence-corrected chi connectivity index (χ0v) is 12.6. The number of hydrogen-bond donors (Lipinski definition) is 1. The van der Waals surface area contributed by atoms with Crippen LogP contribution in [0, 0.1) is 0 Å². The fourth-order valence-electron chi connectivity index (χ4n) is 1.69. The Bertz CT molecular complexity index is 436. The molecule has 0 saturated heterocycles. The van der Waals surface area contributed by atoms with Gasteiger partial charge in [0.2, 0.25) is 5.91 Å². The van der Waals surface area contributed by atoms with Crippen LogP contribution in [0.3, 0.4) is 0 Å². The van der Waals surface area contributed by atoms with Gasteiger partial charge < -0.3 is 10.1 Å². The average molecular weight is 276 g/mol. The van der Waals surface area contributed by atoms with E-state index in [9.17, 15) is 4.79 Å². The smallest absolute Gasteiger partial charge is 0.238 e. The van der Waals surface area contributed by atoms with E-state index in [1.165, 1.54) is 0 Å². The molecule has 0 unspecified atom stereocenters. The quantitative estimate of drug-likeness (QED) is 0.742. The molecule has 110 valence electrons. The highest BCUT2D eigenvalue weighted by Gasteiger charge is 2.07. The van der Waals surface area contributed by atoms with E-state index in [1.807, 2.05) is 45.0 Å². The van der Waals surface area contributed by atoms with Gasteiger partial charge in [-0.1, -0.05) is 20.4 Å². The highest BCUT2D eigenvalue weighted by Crippen LogP contribution is 2.16. The summed E-state index contributed by atoms with van der Waals surface area (Å²) in [6.07, 6.45) is 0. The molecule has 1 aromatic rings. The fraction of sp³-hybridized carbons (Fsp3) is 0.438. The van der Waals surface area contributed by atoms with Crippen LogP contribution in [0.5, 0.6) is 5.75 Å². The number of rotatable bonds is 8. The molecule has 1 rings (SSSR count). The normalized spacial score (nSPS) is 10.4. The van der Waals surface area contributed by atoms with Crippen LogP contribution < -0.4 is 10.1 Å². The summed E-state index contributed by atoms with van der Waals surface area (Å²) in [4.78, 5) is 13.9. The Hall–Kier alpha value is -1.81. The van der Waals surface area contributed by atoms with Crippen molar-refractivity contribution < 1.29 is 9.53 Å². The van der Waals surface area contributed by atoms with Gasteiger partial charge in [-0.25, -0.2) is 0 Å². The second-order valence-corrected chi connectivity index (χ2v) is 4.78. The van der Waals surface area contributed by atoms with Gasteiger partial charge in [-0.05, 0) is 49.9 Å². The maximum absolute atomic E-state index is 11.8. The summed E-state index contributed by atoms with van der Waals surface area (Å²) in [6.45, 7) is 12.5. The number of anilines is 1. The first-order chi connectivity index (χ1) is 9.55. The maximum atomic E-state index is 11.8. The number of carbonyl (C=O) groups is 1. The van der Waals surface area contributed by atoms with Gasteiger partial charge in [0.05, 0.1) is 6.54 Å². The minimum atomic E-state index is 0.00399. The third-order valence-electron chi connectivity index (χ3n) is 2.88. The number of ether oxygens (including phenoxy) is 1. The first-order valence-corrected chi connectivity index (χ1v) is 6.94. The van der Waals surface area contributed by atoms with E-state index in [1.54, 1.807) is 0 Å². The lowest BCUT2D eigenvalue weighted by Crippen LogP contribution is -2.32. The van der Waals surface area contributed by atoms with Gasteiger partial charge in [-0.2, -0.15) is 0 Å². The molecule has 1 aromatic carbocycles. The average Bonchev–Trinajstić information content (AvgIpc) is 2.44. The molecule has 0 fully saturated rings. The largest absolute Gasteiger partial charge is 0.489 e. The molecule has 0 atom stereocenters. The van der Waals surface area contributed by atoms with E-state index in [0.717, 1.165) is 30.1 Å². The van der Waals surface area contributed by atoms with Gasteiger partial charge in [0.25, 0.3) is 0 Å². The van der Waals surface area contributed by atoms with Crippen molar-refractivity contribution in [3.8, 4) is 5.75 Å². The topological polar surface area (TPSA) is 41.6 Å². The molecule has 0 aliphatic heterocycles. The van der Waals surface area contributed by atoms with Crippen LogP contribution in [-0.4, -0.2) is 37.0 Å². The molecule has 0 saturated carbocycles. The van der Waals surface area contributed by atoms with Gasteiger partial charge in [0.15, 0.2) is 0 Å². The Morgan fingerprint density at radius 1 is 1.25 bits per heavy atom. The number of carbonyl (C=O) groups excluding carboxylic acids is 1. The Morgan fingerprint density at radius 2 is 1.85 bits per heavy atom. The molecule has 0 heterocycles. The molecule has 1 N–H and O–H groups in total. The molecule has 20 heavy (non-hydrogen) atoms. The van der Waals surface area contributed by atoms with Crippen LogP contribution >= 0.6 is 0 Å². The van der Waals surface area contributed by atoms with Gasteiger partial charge in [-0.15, -0.1) is 0 Å². The SMILES string of the molecule is C=C(C)COc1ccc(NC(=O)CN(CC)CC)cc1. The van der Waals surface area contributed by atoms with Gasteiger partial charge in [-0.3, -0.25) is 9.69 Å². The van der Waals surface area contributed by atoms with Gasteiger partial charge in [0, 0.05) is 5.69 Å². The van der Waals surface area contributed by atoms with E-state index >= 15 is 0 Å². The van der Waals surface area contributed by atoms with Crippen molar-refractivity contribution in [1.82, 2.24) is 4.90 Å². The van der Waals surface area contributed by atoms with Gasteiger partial charge in [0.1, 0.15) is 12.4 Å². The second kappa shape index (κ2) is 8.38. The van der Waals surface area contributed by atoms with Crippen molar-refractivity contribution in [2.75, 3.05) is 31.6 Å². The van der Waals surface area contributed by atoms with Gasteiger partial charge >= 0.3 is 0 Å². The molecule has 0 bridgehead atoms. The van der Waals surface area contributed by atoms with E-state index in [0.29, 0.717) is 13.2 Å². The Kier molecular flexibility index (Phi) is 6.81. The summed E-state index contributed by atoms with van der Waals surface area (Å²) < 4.78 is 5.51. The molecule has 0 aliphatic carbocycles. The third kappa shape index (κ3) is 5.89. The summed E-state index contributed by atoms with van der Waals surface area (Å²) in [5, 5.41) is 2.88. The molecule has 4 nitrogen and oxygen atoms in total. The molecule has 0 spiro atoms. The number of nitrogens with one attached hydrogen (secondary N) is 1. The number of nitrogens with zero attached hydrogens (tertiary/aromatic N) is 1. The molecule has 0 aromatic heterocycles. The monoisotopic (exact) mass is 276 g/mol. The van der Waals surface area contributed by atoms with E-state index in [-0.39, 0.29) is 5.91 Å². The van der Waals surface area contributed by atoms with Crippen molar-refractivity contribution in [3.63, 3.8) is 0 Å². The summed E-state index contributed by atoms with van der Waals surface area (Å²) in [5.41, 5.74) is 1.76. The number of amides is 1. The van der Waals surface area contributed by atoms with E-state index in [2.05, 4.69) is 16.8 Å². The summed E-state index contributed by atoms with van der Waals surface area (Å²) in [6, 6.07) is 7.37. The predicted molar refractivity (Wildman–Crippen MR) is 83.2 cm³/mol. The highest BCUT2D eigenvalue weighted by atomic mass is 16.5. The summed E-state index contributed by atoms with van der Waals surface area (Å²) in [7, 11) is 0. The van der Waals surface area contributed by atoms with Crippen LogP contribution in [0.1, 0.15) is 20.8 Å². The predicted octanol–water partition coefficient (Wildman–Crippen LogP) is 2.92. The van der Waals surface area contributed by atoms with Crippen molar-refractivity contribution in [1.29, 1.82) is 0 Å². The van der Waals surface area contributed by atoms with Crippen molar-refractivity contribution in [2.24, 2.45) is 0 Å². The van der Waals surface area contributed by atoms with Crippen molar-refractivity contribution in [3.05, 3.63) is 36.4 Å². The Labute approximate surface area is 121 Å². The lowest BCUT2D eigenvalue weighted by molar-refractivity contribution is -0.117. The second-order valence-electron chi connectivity index (χ2n) is 4.78. The Morgan fingerprint density at radius 3 is 2.35 bits per heavy atom. The summed E-state index contributed by atoms with van der Waals surface area (Å²) >= 11 is 0. The van der Waals surface area contributed by atoms with Crippen molar-refractivity contribution in [2.45, 2.75) is 20.8 Å². The highest BCUT2D eigenvalue weighted by molar-refractivity contribution is 5.92. The van der Waals surface area contributed by atoms with Crippen LogP contribution in [-0.2, 0) is 4.79 Å². The fourth-order valence-corrected chi connectivity index (χ4v) is 1.69. The number of hydrogen-bond acceptors (Lipinski definition) is 3. The minimum absolute atomic E-state index is 0.00399. The zero-order chi connectivity index (χ0) is 15.0. The van der Waals surface area contributed by atoms with E-state index in [4.69, 9.17) is 4.74 Å². The number of likely N-dealkylation sites (N-methyl/N-ethyl adjacent to an activating group) is 1. The number of benzene rings is 1. The van der Waals surface area contributed by atoms with Crippen LogP contribution in [0.2, 0.25) is 0 Å². The minimum Gasteiger partial charge on any atom is -0.489 e. The molecular weight excluding hydrogens is 252 g/mol. The molecular formula is C16H24N2O2. The van der Waals surface area contributed by atoms with E-state index < -0.39 is 0 Å². The third-order valence-corrected chi connectivity index (χ3v) is 2.88. The van der Waals surface area contributed by atoms with Crippen LogP contribution in [0.4, 0.5) is 5.69 Å². The lowest BCUT2D eigenvalue weighted by atomic mass is 10.3. The zero-order valence-electron chi connectivity index (χ0n) is 12.6. The van der Waals surface area contributed by atoms with Crippen LogP contribution in [0.15, 0.2) is 36.4 Å². The summed E-state index contributed by atoms with van der Waals surface area (Å²) in [5.74, 6) is 0.777. The van der Waals surface area contributed by atoms with Crippen LogP contribution in [0.25, 0.3) is 0 Å². The molecule has 4 heteroatoms. The molecule has 0 aliphatic rings. The first-order valence-electron chi connectivity index (χ1n) is 6.94. The molecule has 1 amide bonds. The molecule has 0 radical (unpaired) electrons. The van der Waals surface area contributed by atoms with Crippen molar-refractivity contribution >= 4 is 11.6 Å². The Balaban J connectivity index is 2.48.